The van der Waals surface area contributed by atoms with Crippen molar-refractivity contribution in [1.29, 1.82) is 0 Å². The van der Waals surface area contributed by atoms with Gasteiger partial charge in [0.2, 0.25) is 5.91 Å². The normalized spacial score (nSPS) is 10.8. The van der Waals surface area contributed by atoms with E-state index in [0.717, 1.165) is 16.8 Å². The van der Waals surface area contributed by atoms with E-state index in [4.69, 9.17) is 4.74 Å². The van der Waals surface area contributed by atoms with Gasteiger partial charge < -0.3 is 14.6 Å². The van der Waals surface area contributed by atoms with E-state index in [-0.39, 0.29) is 24.9 Å². The average Bonchev–Trinajstić information content (AvgIpc) is 3.06. The fourth-order valence-electron chi connectivity index (χ4n) is 2.95. The number of nitrogens with zero attached hydrogens (tertiary/aromatic N) is 2. The minimum atomic E-state index is -0.348. The average molecular weight is 375 g/mol. The van der Waals surface area contributed by atoms with Gasteiger partial charge in [-0.2, -0.15) is 0 Å². The molecule has 4 rings (SSSR count). The van der Waals surface area contributed by atoms with Crippen molar-refractivity contribution in [2.75, 3.05) is 5.32 Å². The zero-order chi connectivity index (χ0) is 19.3. The standard InChI is InChI=1S/C22H18FN3O2/c23-16-10-12-17(13-11-16)24-22(27)14-26-20-9-5-4-8-19(20)25-21(26)15-28-18-6-2-1-3-7-18/h1-13H,14-15H2,(H,24,27). The van der Waals surface area contributed by atoms with Crippen LogP contribution >= 0.6 is 0 Å². The molecule has 140 valence electrons. The maximum atomic E-state index is 13.0. The van der Waals surface area contributed by atoms with Gasteiger partial charge in [-0.3, -0.25) is 4.79 Å². The van der Waals surface area contributed by atoms with Crippen LogP contribution in [-0.4, -0.2) is 15.5 Å². The van der Waals surface area contributed by atoms with Crippen LogP contribution in [0.5, 0.6) is 5.75 Å². The molecule has 6 heteroatoms. The second-order valence-corrected chi connectivity index (χ2v) is 6.26. The maximum absolute atomic E-state index is 13.0. The minimum Gasteiger partial charge on any atom is -0.486 e. The van der Waals surface area contributed by atoms with E-state index in [1.807, 2.05) is 59.2 Å². The van der Waals surface area contributed by atoms with Crippen LogP contribution in [-0.2, 0) is 17.9 Å². The lowest BCUT2D eigenvalue weighted by atomic mass is 10.3. The monoisotopic (exact) mass is 375 g/mol. The molecule has 0 bridgehead atoms. The molecule has 0 saturated heterocycles. The van der Waals surface area contributed by atoms with Gasteiger partial charge in [0.1, 0.15) is 30.5 Å². The van der Waals surface area contributed by atoms with Gasteiger partial charge in [-0.1, -0.05) is 30.3 Å². The van der Waals surface area contributed by atoms with E-state index in [2.05, 4.69) is 10.3 Å². The van der Waals surface area contributed by atoms with Gasteiger partial charge in [-0.05, 0) is 48.5 Å². The molecule has 0 aliphatic heterocycles. The second kappa shape index (κ2) is 7.92. The SMILES string of the molecule is O=C(Cn1c(COc2ccccc2)nc2ccccc21)Nc1ccc(F)cc1. The maximum Gasteiger partial charge on any atom is 0.244 e. The summed E-state index contributed by atoms with van der Waals surface area (Å²) in [6.07, 6.45) is 0. The number of anilines is 1. The second-order valence-electron chi connectivity index (χ2n) is 6.26. The third kappa shape index (κ3) is 4.01. The third-order valence-electron chi connectivity index (χ3n) is 4.27. The van der Waals surface area contributed by atoms with Gasteiger partial charge >= 0.3 is 0 Å². The van der Waals surface area contributed by atoms with Crippen LogP contribution in [0.4, 0.5) is 10.1 Å². The summed E-state index contributed by atoms with van der Waals surface area (Å²) in [7, 11) is 0. The number of hydrogen-bond donors (Lipinski definition) is 1. The molecule has 1 amide bonds. The molecule has 1 aromatic heterocycles. The molecule has 0 aliphatic rings. The van der Waals surface area contributed by atoms with Crippen molar-refractivity contribution in [1.82, 2.24) is 9.55 Å². The van der Waals surface area contributed by atoms with E-state index >= 15 is 0 Å². The Morgan fingerprint density at radius 3 is 2.46 bits per heavy atom. The van der Waals surface area contributed by atoms with Crippen molar-refractivity contribution in [3.63, 3.8) is 0 Å². The summed E-state index contributed by atoms with van der Waals surface area (Å²) >= 11 is 0. The Morgan fingerprint density at radius 1 is 0.964 bits per heavy atom. The van der Waals surface area contributed by atoms with Crippen molar-refractivity contribution < 1.29 is 13.9 Å². The smallest absolute Gasteiger partial charge is 0.244 e. The highest BCUT2D eigenvalue weighted by atomic mass is 19.1. The Hall–Kier alpha value is -3.67. The van der Waals surface area contributed by atoms with Crippen molar-refractivity contribution in [2.45, 2.75) is 13.2 Å². The van der Waals surface area contributed by atoms with Crippen LogP contribution < -0.4 is 10.1 Å². The molecule has 3 aromatic carbocycles. The zero-order valence-electron chi connectivity index (χ0n) is 15.0. The molecule has 0 saturated carbocycles. The highest BCUT2D eigenvalue weighted by Gasteiger charge is 2.14. The number of amides is 1. The largest absolute Gasteiger partial charge is 0.486 e. The Labute approximate surface area is 161 Å². The van der Waals surface area contributed by atoms with Gasteiger partial charge in [0.05, 0.1) is 11.0 Å². The number of nitrogens with one attached hydrogen (secondary N) is 1. The molecule has 5 nitrogen and oxygen atoms in total. The van der Waals surface area contributed by atoms with E-state index in [0.29, 0.717) is 11.5 Å². The lowest BCUT2D eigenvalue weighted by Gasteiger charge is -2.11. The van der Waals surface area contributed by atoms with Gasteiger partial charge in [-0.25, -0.2) is 9.37 Å². The predicted molar refractivity (Wildman–Crippen MR) is 106 cm³/mol. The van der Waals surface area contributed by atoms with Crippen LogP contribution in [0.3, 0.4) is 0 Å². The first-order valence-electron chi connectivity index (χ1n) is 8.86. The molecular formula is C22H18FN3O2. The van der Waals surface area contributed by atoms with Crippen LogP contribution in [0, 0.1) is 5.82 Å². The highest BCUT2D eigenvalue weighted by molar-refractivity contribution is 5.91. The first-order valence-corrected chi connectivity index (χ1v) is 8.86. The quantitative estimate of drug-likeness (QED) is 0.544. The summed E-state index contributed by atoms with van der Waals surface area (Å²) in [5, 5.41) is 2.78. The van der Waals surface area contributed by atoms with Crippen molar-refractivity contribution in [3.8, 4) is 5.75 Å². The number of aromatic nitrogens is 2. The summed E-state index contributed by atoms with van der Waals surface area (Å²) < 4.78 is 20.7. The van der Waals surface area contributed by atoms with Crippen LogP contribution in [0.1, 0.15) is 5.82 Å². The molecule has 0 atom stereocenters. The number of rotatable bonds is 6. The molecule has 0 fully saturated rings. The number of halogens is 1. The minimum absolute atomic E-state index is 0.0748. The Bertz CT molecular complexity index is 1090. The molecule has 1 heterocycles. The van der Waals surface area contributed by atoms with Crippen LogP contribution in [0.15, 0.2) is 78.9 Å². The number of fused-ring (bicyclic) bond motifs is 1. The molecule has 1 N–H and O–H groups in total. The number of benzene rings is 3. The zero-order valence-corrected chi connectivity index (χ0v) is 15.0. The third-order valence-corrected chi connectivity index (χ3v) is 4.27. The topological polar surface area (TPSA) is 56.2 Å². The van der Waals surface area contributed by atoms with E-state index in [1.165, 1.54) is 24.3 Å². The van der Waals surface area contributed by atoms with E-state index in [1.54, 1.807) is 0 Å². The van der Waals surface area contributed by atoms with E-state index < -0.39 is 0 Å². The summed E-state index contributed by atoms with van der Waals surface area (Å²) in [5.74, 6) is 0.811. The molecular weight excluding hydrogens is 357 g/mol. The first-order chi connectivity index (χ1) is 13.7. The van der Waals surface area contributed by atoms with E-state index in [9.17, 15) is 9.18 Å². The molecule has 0 aliphatic carbocycles. The highest BCUT2D eigenvalue weighted by Crippen LogP contribution is 2.19. The number of carbonyl (C=O) groups is 1. The molecule has 0 spiro atoms. The number of hydrogen-bond acceptors (Lipinski definition) is 3. The van der Waals surface area contributed by atoms with Gasteiger partial charge in [0.25, 0.3) is 0 Å². The fourth-order valence-corrected chi connectivity index (χ4v) is 2.95. The molecule has 0 radical (unpaired) electrons. The number of imidazole rings is 1. The number of ether oxygens (including phenoxy) is 1. The summed E-state index contributed by atoms with van der Waals surface area (Å²) in [6.45, 7) is 0.313. The molecule has 0 unspecified atom stereocenters. The van der Waals surface area contributed by atoms with Crippen molar-refractivity contribution >= 4 is 22.6 Å². The van der Waals surface area contributed by atoms with Crippen molar-refractivity contribution in [2.24, 2.45) is 0 Å². The molecule has 28 heavy (non-hydrogen) atoms. The lowest BCUT2D eigenvalue weighted by molar-refractivity contribution is -0.116. The summed E-state index contributed by atoms with van der Waals surface area (Å²) in [4.78, 5) is 17.1. The van der Waals surface area contributed by atoms with Gasteiger partial charge in [-0.15, -0.1) is 0 Å². The summed E-state index contributed by atoms with van der Waals surface area (Å²) in [6, 6.07) is 22.7. The number of para-hydroxylation sites is 3. The van der Waals surface area contributed by atoms with Crippen LogP contribution in [0.25, 0.3) is 11.0 Å². The predicted octanol–water partition coefficient (Wildman–Crippen LogP) is 4.39. The van der Waals surface area contributed by atoms with Crippen LogP contribution in [0.2, 0.25) is 0 Å². The first kappa shape index (κ1) is 17.7. The number of carbonyl (C=O) groups excluding carboxylic acids is 1. The van der Waals surface area contributed by atoms with Crippen molar-refractivity contribution in [3.05, 3.63) is 90.5 Å². The molecule has 4 aromatic rings. The van der Waals surface area contributed by atoms with Gasteiger partial charge in [0.15, 0.2) is 0 Å². The Morgan fingerprint density at radius 2 is 1.68 bits per heavy atom. The van der Waals surface area contributed by atoms with Gasteiger partial charge in [0, 0.05) is 5.69 Å². The fraction of sp³-hybridized carbons (Fsp3) is 0.0909. The lowest BCUT2D eigenvalue weighted by Crippen LogP contribution is -2.20. The Balaban J connectivity index is 1.55. The summed E-state index contributed by atoms with van der Waals surface area (Å²) in [5.41, 5.74) is 2.19. The Kier molecular flexibility index (Phi) is 5.01.